The van der Waals surface area contributed by atoms with Gasteiger partial charge in [-0.2, -0.15) is 0 Å². The molecular formula is C25H24BrN3O2S. The number of nitrogens with zero attached hydrogens (tertiary/aromatic N) is 2. The van der Waals surface area contributed by atoms with E-state index in [1.807, 2.05) is 36.1 Å². The number of hydrogen-bond donors (Lipinski definition) is 1. The van der Waals surface area contributed by atoms with E-state index < -0.39 is 0 Å². The van der Waals surface area contributed by atoms with Crippen LogP contribution in [0.2, 0.25) is 0 Å². The largest absolute Gasteiger partial charge is 0.350 e. The molecule has 7 heteroatoms. The summed E-state index contributed by atoms with van der Waals surface area (Å²) in [5.74, 6) is 0.852. The lowest BCUT2D eigenvalue weighted by molar-refractivity contribution is 0.0690. The predicted octanol–water partition coefficient (Wildman–Crippen LogP) is 5.08. The minimum atomic E-state index is -0.118. The first-order chi connectivity index (χ1) is 15.4. The summed E-state index contributed by atoms with van der Waals surface area (Å²) in [7, 11) is 0. The molecule has 1 N–H and O–H groups in total. The first-order valence-electron chi connectivity index (χ1n) is 10.8. The first kappa shape index (κ1) is 21.3. The zero-order chi connectivity index (χ0) is 22.4. The van der Waals surface area contributed by atoms with Crippen LogP contribution in [0.25, 0.3) is 10.4 Å². The quantitative estimate of drug-likeness (QED) is 0.521. The van der Waals surface area contributed by atoms with Crippen LogP contribution in [0.15, 0.2) is 53.0 Å². The molecule has 2 heterocycles. The lowest BCUT2D eigenvalue weighted by Crippen LogP contribution is -2.45. The molecule has 3 aromatic rings. The fourth-order valence-electron chi connectivity index (χ4n) is 4.69. The maximum absolute atomic E-state index is 13.6. The van der Waals surface area contributed by atoms with Crippen LogP contribution in [0.5, 0.6) is 0 Å². The number of carbonyl (C=O) groups excluding carboxylic acids is 2. The number of aromatic nitrogens is 1. The second-order valence-corrected chi connectivity index (χ2v) is 10.8. The highest BCUT2D eigenvalue weighted by atomic mass is 79.9. The summed E-state index contributed by atoms with van der Waals surface area (Å²) in [5, 5.41) is 3.93. The molecule has 0 unspecified atom stereocenters. The van der Waals surface area contributed by atoms with Crippen molar-refractivity contribution in [2.45, 2.75) is 26.3 Å². The van der Waals surface area contributed by atoms with Crippen molar-refractivity contribution in [1.29, 1.82) is 0 Å². The zero-order valence-corrected chi connectivity index (χ0v) is 20.4. The Bertz CT molecular complexity index is 1210. The Morgan fingerprint density at radius 2 is 2.00 bits per heavy atom. The van der Waals surface area contributed by atoms with Crippen LogP contribution in [0.1, 0.15) is 37.8 Å². The molecule has 1 saturated heterocycles. The van der Waals surface area contributed by atoms with Crippen LogP contribution in [-0.2, 0) is 0 Å². The van der Waals surface area contributed by atoms with Crippen molar-refractivity contribution in [3.63, 3.8) is 0 Å². The summed E-state index contributed by atoms with van der Waals surface area (Å²) in [6.07, 6.45) is 1.13. The molecule has 1 aliphatic heterocycles. The van der Waals surface area contributed by atoms with Crippen molar-refractivity contribution >= 4 is 39.1 Å². The average molecular weight is 510 g/mol. The fraction of sp³-hybridized carbons (Fsp3) is 0.320. The number of piperidine rings is 1. The molecule has 2 amide bonds. The van der Waals surface area contributed by atoms with Gasteiger partial charge in [0.2, 0.25) is 0 Å². The second-order valence-electron chi connectivity index (χ2n) is 8.68. The number of aryl methyl sites for hydroxylation is 2. The van der Waals surface area contributed by atoms with Crippen LogP contribution >= 0.6 is 27.3 Å². The van der Waals surface area contributed by atoms with Gasteiger partial charge in [-0.15, -0.1) is 11.3 Å². The molecule has 0 radical (unpaired) electrons. The SMILES string of the molecule is Cc1cccc(-c2sc(C)nc2C(=O)N2C[C@H]3C[C@H]3[C@H]2CNC(=O)c2cccc(Br)c2)c1. The van der Waals surface area contributed by atoms with E-state index in [-0.39, 0.29) is 17.9 Å². The Labute approximate surface area is 200 Å². The summed E-state index contributed by atoms with van der Waals surface area (Å²) in [6, 6.07) is 15.5. The Morgan fingerprint density at radius 3 is 2.78 bits per heavy atom. The number of rotatable bonds is 5. The summed E-state index contributed by atoms with van der Waals surface area (Å²) < 4.78 is 0.868. The Balaban J connectivity index is 1.36. The molecule has 1 aromatic heterocycles. The number of likely N-dealkylation sites (tertiary alicyclic amines) is 1. The minimum absolute atomic E-state index is 0.0102. The number of benzene rings is 2. The van der Waals surface area contributed by atoms with Crippen LogP contribution in [-0.4, -0.2) is 40.8 Å². The van der Waals surface area contributed by atoms with Gasteiger partial charge in [-0.3, -0.25) is 9.59 Å². The normalized spacial score (nSPS) is 21.3. The molecule has 1 saturated carbocycles. The molecule has 0 spiro atoms. The van der Waals surface area contributed by atoms with E-state index in [2.05, 4.69) is 45.3 Å². The van der Waals surface area contributed by atoms with Gasteiger partial charge in [0.15, 0.2) is 0 Å². The highest BCUT2D eigenvalue weighted by Gasteiger charge is 2.54. The highest BCUT2D eigenvalue weighted by molar-refractivity contribution is 9.10. The van der Waals surface area contributed by atoms with Gasteiger partial charge in [-0.25, -0.2) is 4.98 Å². The predicted molar refractivity (Wildman–Crippen MR) is 130 cm³/mol. The minimum Gasteiger partial charge on any atom is -0.350 e. The summed E-state index contributed by atoms with van der Waals surface area (Å²) in [5.41, 5.74) is 3.33. The van der Waals surface area contributed by atoms with Gasteiger partial charge in [0, 0.05) is 23.1 Å². The molecular weight excluding hydrogens is 486 g/mol. The topological polar surface area (TPSA) is 62.3 Å². The standard InChI is InChI=1S/C25H24BrN3O2S/c1-14-5-3-6-16(9-14)23-22(28-15(2)32-23)25(31)29-13-18-11-20(18)21(29)12-27-24(30)17-7-4-8-19(26)10-17/h3-10,18,20-21H,11-13H2,1-2H3,(H,27,30)/t18-,20-,21-/m1/s1. The van der Waals surface area contributed by atoms with Crippen molar-refractivity contribution in [2.75, 3.05) is 13.1 Å². The van der Waals surface area contributed by atoms with Crippen molar-refractivity contribution in [3.8, 4) is 10.4 Å². The molecule has 5 nitrogen and oxygen atoms in total. The third kappa shape index (κ3) is 4.11. The van der Waals surface area contributed by atoms with Crippen molar-refractivity contribution < 1.29 is 9.59 Å². The van der Waals surface area contributed by atoms with E-state index in [0.29, 0.717) is 29.6 Å². The Hall–Kier alpha value is -2.51. The van der Waals surface area contributed by atoms with Gasteiger partial charge in [0.05, 0.1) is 15.9 Å². The highest BCUT2D eigenvalue weighted by Crippen LogP contribution is 2.50. The average Bonchev–Trinajstić information content (AvgIpc) is 3.28. The van der Waals surface area contributed by atoms with Gasteiger partial charge in [-0.1, -0.05) is 51.8 Å². The van der Waals surface area contributed by atoms with Crippen LogP contribution in [0.4, 0.5) is 0 Å². The third-order valence-corrected chi connectivity index (χ3v) is 7.85. The summed E-state index contributed by atoms with van der Waals surface area (Å²) >= 11 is 4.97. The molecule has 5 rings (SSSR count). The molecule has 164 valence electrons. The van der Waals surface area contributed by atoms with E-state index in [9.17, 15) is 9.59 Å². The van der Waals surface area contributed by atoms with Crippen molar-refractivity contribution in [3.05, 3.63) is 74.8 Å². The number of thiazole rings is 1. The molecule has 1 aliphatic carbocycles. The zero-order valence-electron chi connectivity index (χ0n) is 18.0. The molecule has 32 heavy (non-hydrogen) atoms. The van der Waals surface area contributed by atoms with Gasteiger partial charge in [-0.05, 0) is 55.9 Å². The van der Waals surface area contributed by atoms with E-state index in [1.54, 1.807) is 23.5 Å². The fourth-order valence-corrected chi connectivity index (χ4v) is 5.99. The van der Waals surface area contributed by atoms with Crippen LogP contribution < -0.4 is 5.32 Å². The monoisotopic (exact) mass is 509 g/mol. The first-order valence-corrected chi connectivity index (χ1v) is 12.4. The lowest BCUT2D eigenvalue weighted by atomic mass is 10.1. The number of halogens is 1. The Kier molecular flexibility index (Phi) is 5.63. The number of carbonyl (C=O) groups is 2. The van der Waals surface area contributed by atoms with Crippen molar-refractivity contribution in [2.24, 2.45) is 11.8 Å². The smallest absolute Gasteiger partial charge is 0.274 e. The third-order valence-electron chi connectivity index (χ3n) is 6.34. The Morgan fingerprint density at radius 1 is 1.19 bits per heavy atom. The molecule has 2 aromatic carbocycles. The van der Waals surface area contributed by atoms with E-state index in [1.165, 1.54) is 0 Å². The lowest BCUT2D eigenvalue weighted by Gasteiger charge is -2.27. The molecule has 0 bridgehead atoms. The number of fused-ring (bicyclic) bond motifs is 1. The van der Waals surface area contributed by atoms with E-state index in [0.717, 1.165) is 38.4 Å². The van der Waals surface area contributed by atoms with Gasteiger partial charge in [0.1, 0.15) is 5.69 Å². The molecule has 3 atom stereocenters. The number of amides is 2. The second kappa shape index (κ2) is 8.45. The van der Waals surface area contributed by atoms with Crippen LogP contribution in [0, 0.1) is 25.7 Å². The number of hydrogen-bond acceptors (Lipinski definition) is 4. The van der Waals surface area contributed by atoms with Crippen molar-refractivity contribution in [1.82, 2.24) is 15.2 Å². The molecule has 2 fully saturated rings. The van der Waals surface area contributed by atoms with E-state index >= 15 is 0 Å². The van der Waals surface area contributed by atoms with Crippen LogP contribution in [0.3, 0.4) is 0 Å². The summed E-state index contributed by atoms with van der Waals surface area (Å²) in [4.78, 5) is 33.8. The summed E-state index contributed by atoms with van der Waals surface area (Å²) in [6.45, 7) is 5.20. The van der Waals surface area contributed by atoms with E-state index in [4.69, 9.17) is 0 Å². The van der Waals surface area contributed by atoms with Gasteiger partial charge < -0.3 is 10.2 Å². The molecule has 2 aliphatic rings. The van der Waals surface area contributed by atoms with Gasteiger partial charge >= 0.3 is 0 Å². The number of nitrogens with one attached hydrogen (secondary N) is 1. The maximum Gasteiger partial charge on any atom is 0.274 e. The maximum atomic E-state index is 13.6. The van der Waals surface area contributed by atoms with Gasteiger partial charge in [0.25, 0.3) is 11.8 Å².